The Balaban J connectivity index is 2.85. The molecule has 1 aromatic rings. The van der Waals surface area contributed by atoms with Crippen molar-refractivity contribution in [2.24, 2.45) is 5.92 Å². The van der Waals surface area contributed by atoms with Gasteiger partial charge in [-0.05, 0) is 52.2 Å². The standard InChI is InChI=1S/C23H37NO5/c1-8-12-19(20(17(2)3)28-18-13-10-9-11-14-18)27-16-23(7,15-25)24-21(26)29-22(4,5)6/h9-11,13-15,17,19-20H,8,12,16H2,1-7H3,(H,24,26)/t19-,20-,23-/m1/s1. The van der Waals surface area contributed by atoms with Gasteiger partial charge in [0.15, 0.2) is 0 Å². The van der Waals surface area contributed by atoms with Crippen LogP contribution in [0.1, 0.15) is 61.3 Å². The Kier molecular flexibility index (Phi) is 9.63. The van der Waals surface area contributed by atoms with Crippen molar-refractivity contribution >= 4 is 12.4 Å². The van der Waals surface area contributed by atoms with Crippen molar-refractivity contribution in [3.05, 3.63) is 30.3 Å². The monoisotopic (exact) mass is 407 g/mol. The first-order chi connectivity index (χ1) is 13.5. The van der Waals surface area contributed by atoms with Crippen LogP contribution >= 0.6 is 0 Å². The molecule has 1 rings (SSSR count). The first-order valence-electron chi connectivity index (χ1n) is 10.3. The van der Waals surface area contributed by atoms with Crippen molar-refractivity contribution in [1.29, 1.82) is 0 Å². The van der Waals surface area contributed by atoms with Crippen molar-refractivity contribution in [1.82, 2.24) is 5.32 Å². The molecule has 0 bridgehead atoms. The van der Waals surface area contributed by atoms with Crippen LogP contribution < -0.4 is 10.1 Å². The summed E-state index contributed by atoms with van der Waals surface area (Å²) in [4.78, 5) is 23.8. The van der Waals surface area contributed by atoms with Crippen LogP contribution in [0.25, 0.3) is 0 Å². The second kappa shape index (κ2) is 11.2. The summed E-state index contributed by atoms with van der Waals surface area (Å²) in [5, 5.41) is 2.62. The summed E-state index contributed by atoms with van der Waals surface area (Å²) in [6, 6.07) is 9.62. The molecule has 1 amide bonds. The molecule has 0 aromatic heterocycles. The number of hydrogen-bond donors (Lipinski definition) is 1. The summed E-state index contributed by atoms with van der Waals surface area (Å²) in [5.74, 6) is 0.981. The molecule has 0 aliphatic heterocycles. The zero-order chi connectivity index (χ0) is 22.1. The van der Waals surface area contributed by atoms with Crippen LogP contribution in [-0.4, -0.2) is 42.3 Å². The highest BCUT2D eigenvalue weighted by molar-refractivity contribution is 5.76. The van der Waals surface area contributed by atoms with E-state index in [1.807, 2.05) is 30.3 Å². The van der Waals surface area contributed by atoms with Gasteiger partial charge in [-0.25, -0.2) is 4.79 Å². The summed E-state index contributed by atoms with van der Waals surface area (Å²) in [6.07, 6.45) is 1.31. The van der Waals surface area contributed by atoms with Gasteiger partial charge >= 0.3 is 6.09 Å². The molecule has 1 N–H and O–H groups in total. The second-order valence-corrected chi connectivity index (χ2v) is 8.94. The number of alkyl carbamates (subject to hydrolysis) is 1. The number of ether oxygens (including phenoxy) is 3. The van der Waals surface area contributed by atoms with E-state index in [0.717, 1.165) is 18.6 Å². The molecule has 6 nitrogen and oxygen atoms in total. The fraction of sp³-hybridized carbons (Fsp3) is 0.652. The van der Waals surface area contributed by atoms with Gasteiger partial charge < -0.3 is 24.3 Å². The molecule has 3 atom stereocenters. The number of amides is 1. The van der Waals surface area contributed by atoms with E-state index in [2.05, 4.69) is 26.1 Å². The normalized spacial score (nSPS) is 15.9. The molecule has 29 heavy (non-hydrogen) atoms. The van der Waals surface area contributed by atoms with E-state index in [9.17, 15) is 9.59 Å². The van der Waals surface area contributed by atoms with Crippen LogP contribution in [0.4, 0.5) is 4.79 Å². The third-order valence-corrected chi connectivity index (χ3v) is 4.26. The Morgan fingerprint density at radius 2 is 1.76 bits per heavy atom. The fourth-order valence-electron chi connectivity index (χ4n) is 2.84. The molecule has 0 fully saturated rings. The first-order valence-corrected chi connectivity index (χ1v) is 10.3. The Morgan fingerprint density at radius 1 is 1.14 bits per heavy atom. The Labute approximate surface area is 175 Å². The summed E-state index contributed by atoms with van der Waals surface area (Å²) in [5.41, 5.74) is -1.84. The molecule has 164 valence electrons. The van der Waals surface area contributed by atoms with Gasteiger partial charge in [0.05, 0.1) is 12.7 Å². The highest BCUT2D eigenvalue weighted by Gasteiger charge is 2.33. The van der Waals surface area contributed by atoms with Crippen LogP contribution in [0.2, 0.25) is 0 Å². The minimum atomic E-state index is -1.19. The van der Waals surface area contributed by atoms with Crippen LogP contribution in [0.5, 0.6) is 5.75 Å². The fourth-order valence-corrected chi connectivity index (χ4v) is 2.84. The Morgan fingerprint density at radius 3 is 2.24 bits per heavy atom. The van der Waals surface area contributed by atoms with Gasteiger partial charge in [0.1, 0.15) is 29.3 Å². The minimum absolute atomic E-state index is 0.0295. The van der Waals surface area contributed by atoms with Crippen molar-refractivity contribution in [2.45, 2.75) is 84.7 Å². The number of carbonyl (C=O) groups excluding carboxylic acids is 2. The molecule has 0 radical (unpaired) electrons. The van der Waals surface area contributed by atoms with Crippen LogP contribution in [0.3, 0.4) is 0 Å². The number of nitrogens with one attached hydrogen (secondary N) is 1. The summed E-state index contributed by atoms with van der Waals surface area (Å²) in [7, 11) is 0. The highest BCUT2D eigenvalue weighted by atomic mass is 16.6. The molecule has 0 heterocycles. The van der Waals surface area contributed by atoms with Gasteiger partial charge in [0, 0.05) is 0 Å². The first kappa shape index (κ1) is 25.0. The number of aldehydes is 1. The lowest BCUT2D eigenvalue weighted by atomic mass is 9.97. The van der Waals surface area contributed by atoms with E-state index in [1.54, 1.807) is 27.7 Å². The number of carbonyl (C=O) groups is 2. The predicted molar refractivity (Wildman–Crippen MR) is 114 cm³/mol. The molecule has 0 aliphatic carbocycles. The summed E-state index contributed by atoms with van der Waals surface area (Å²) in [6.45, 7) is 13.2. The SMILES string of the molecule is CCC[C@@H](OC[C@@](C)(C=O)NC(=O)OC(C)(C)C)[C@H](Oc1ccccc1)C(C)C. The lowest BCUT2D eigenvalue weighted by molar-refractivity contribution is -0.119. The number of rotatable bonds is 11. The lowest BCUT2D eigenvalue weighted by Gasteiger charge is -2.34. The van der Waals surface area contributed by atoms with E-state index in [4.69, 9.17) is 14.2 Å². The van der Waals surface area contributed by atoms with E-state index >= 15 is 0 Å². The summed E-state index contributed by atoms with van der Waals surface area (Å²) >= 11 is 0. The quantitative estimate of drug-likeness (QED) is 0.536. The predicted octanol–water partition coefficient (Wildman–Crippen LogP) is 4.76. The molecule has 6 heteroatoms. The molecular formula is C23H37NO5. The Bertz CT molecular complexity index is 626. The van der Waals surface area contributed by atoms with Crippen molar-refractivity contribution in [3.8, 4) is 5.75 Å². The highest BCUT2D eigenvalue weighted by Crippen LogP contribution is 2.23. The largest absolute Gasteiger partial charge is 0.487 e. The van der Waals surface area contributed by atoms with Gasteiger partial charge in [-0.15, -0.1) is 0 Å². The van der Waals surface area contributed by atoms with Crippen LogP contribution in [0.15, 0.2) is 30.3 Å². The van der Waals surface area contributed by atoms with Crippen LogP contribution in [-0.2, 0) is 14.3 Å². The molecule has 0 spiro atoms. The maximum absolute atomic E-state index is 12.1. The smallest absolute Gasteiger partial charge is 0.408 e. The van der Waals surface area contributed by atoms with E-state index < -0.39 is 17.2 Å². The van der Waals surface area contributed by atoms with Crippen molar-refractivity contribution in [3.63, 3.8) is 0 Å². The minimum Gasteiger partial charge on any atom is -0.487 e. The molecular weight excluding hydrogens is 370 g/mol. The number of benzene rings is 1. The molecule has 0 saturated carbocycles. The van der Waals surface area contributed by atoms with E-state index in [0.29, 0.717) is 6.29 Å². The van der Waals surface area contributed by atoms with Gasteiger partial charge in [0.2, 0.25) is 0 Å². The zero-order valence-electron chi connectivity index (χ0n) is 18.9. The molecule has 0 unspecified atom stereocenters. The van der Waals surface area contributed by atoms with Crippen molar-refractivity contribution < 1.29 is 23.8 Å². The maximum Gasteiger partial charge on any atom is 0.408 e. The van der Waals surface area contributed by atoms with Gasteiger partial charge in [-0.1, -0.05) is 45.4 Å². The number of para-hydroxylation sites is 1. The Hall–Kier alpha value is -2.08. The van der Waals surface area contributed by atoms with Crippen LogP contribution in [0, 0.1) is 5.92 Å². The van der Waals surface area contributed by atoms with Gasteiger partial charge in [-0.2, -0.15) is 0 Å². The average Bonchev–Trinajstić information content (AvgIpc) is 2.62. The van der Waals surface area contributed by atoms with Crippen molar-refractivity contribution in [2.75, 3.05) is 6.61 Å². The molecule has 1 aromatic carbocycles. The molecule has 0 aliphatic rings. The zero-order valence-corrected chi connectivity index (χ0v) is 18.9. The van der Waals surface area contributed by atoms with Gasteiger partial charge in [-0.3, -0.25) is 0 Å². The number of hydrogen-bond acceptors (Lipinski definition) is 5. The third-order valence-electron chi connectivity index (χ3n) is 4.26. The lowest BCUT2D eigenvalue weighted by Crippen LogP contribution is -2.53. The molecule has 0 saturated heterocycles. The topological polar surface area (TPSA) is 73.9 Å². The van der Waals surface area contributed by atoms with Gasteiger partial charge in [0.25, 0.3) is 0 Å². The average molecular weight is 408 g/mol. The summed E-state index contributed by atoms with van der Waals surface area (Å²) < 4.78 is 17.6. The maximum atomic E-state index is 12.1. The third kappa shape index (κ3) is 9.31. The second-order valence-electron chi connectivity index (χ2n) is 8.94. The van der Waals surface area contributed by atoms with E-state index in [1.165, 1.54) is 0 Å². The van der Waals surface area contributed by atoms with E-state index in [-0.39, 0.29) is 24.7 Å².